The van der Waals surface area contributed by atoms with Crippen LogP contribution in [0.1, 0.15) is 35.7 Å². The Kier molecular flexibility index (Phi) is 10.3. The lowest BCUT2D eigenvalue weighted by Gasteiger charge is -2.42. The molecule has 0 heterocycles. The van der Waals surface area contributed by atoms with E-state index in [0.29, 0.717) is 18.1 Å². The molecule has 0 N–H and O–H groups in total. The van der Waals surface area contributed by atoms with Crippen LogP contribution in [0.25, 0.3) is 0 Å². The Labute approximate surface area is 238 Å². The molecule has 0 aliphatic carbocycles. The third-order valence-corrected chi connectivity index (χ3v) is 9.69. The summed E-state index contributed by atoms with van der Waals surface area (Å²) in [5, 5.41) is -7.81. The standard InChI is InChI=1S/C21H19F17O4S2/c1-10(2)11-5-7-12(8-6-11)13(39)9-43(3,4)42-44(40,41)21(37,38)19(32,33)17(28,29)15(24,25)14(22,23)16(26,27)18(30,31)20(34,35)36/h5-8,10H,9H2,1-4H3. The first-order valence-corrected chi connectivity index (χ1v) is 15.0. The maximum absolute atomic E-state index is 14.3. The van der Waals surface area contributed by atoms with Crippen LogP contribution in [0.5, 0.6) is 0 Å². The molecule has 0 aliphatic rings. The third-order valence-electron chi connectivity index (χ3n) is 5.66. The first kappa shape index (κ1) is 40.0. The second kappa shape index (κ2) is 11.3. The summed E-state index contributed by atoms with van der Waals surface area (Å²) in [6, 6.07) is 5.01. The molecule has 23 heteroatoms. The van der Waals surface area contributed by atoms with Gasteiger partial charge in [-0.05, 0) is 24.0 Å². The molecule has 0 atom stereocenters. The molecule has 1 aromatic carbocycles. The largest absolute Gasteiger partial charge is 0.460 e. The number of hydrogen-bond donors (Lipinski definition) is 0. The minimum Gasteiger partial charge on any atom is -0.293 e. The lowest BCUT2D eigenvalue weighted by molar-refractivity contribution is -0.458. The van der Waals surface area contributed by atoms with Crippen molar-refractivity contribution >= 4 is 26.2 Å². The number of halogens is 17. The van der Waals surface area contributed by atoms with Crippen molar-refractivity contribution in [3.05, 3.63) is 35.4 Å². The van der Waals surface area contributed by atoms with Crippen LogP contribution in [-0.2, 0) is 13.7 Å². The van der Waals surface area contributed by atoms with Crippen LogP contribution in [-0.4, -0.2) is 79.4 Å². The molecule has 1 rings (SSSR count). The molecule has 0 aliphatic heterocycles. The molecule has 44 heavy (non-hydrogen) atoms. The van der Waals surface area contributed by atoms with Crippen LogP contribution in [0.4, 0.5) is 74.6 Å². The van der Waals surface area contributed by atoms with Crippen LogP contribution in [0, 0.1) is 0 Å². The van der Waals surface area contributed by atoms with E-state index in [2.05, 4.69) is 3.63 Å². The van der Waals surface area contributed by atoms with Gasteiger partial charge in [0.2, 0.25) is 0 Å². The summed E-state index contributed by atoms with van der Waals surface area (Å²) >= 11 is 0. The summed E-state index contributed by atoms with van der Waals surface area (Å²) < 4.78 is 256. The lowest BCUT2D eigenvalue weighted by Crippen LogP contribution is -2.75. The zero-order valence-corrected chi connectivity index (χ0v) is 23.6. The molecule has 0 saturated carbocycles. The van der Waals surface area contributed by atoms with E-state index in [1.54, 1.807) is 13.8 Å². The van der Waals surface area contributed by atoms with E-state index >= 15 is 0 Å². The van der Waals surface area contributed by atoms with Crippen molar-refractivity contribution in [2.45, 2.75) is 66.7 Å². The van der Waals surface area contributed by atoms with Crippen LogP contribution in [0.3, 0.4) is 0 Å². The van der Waals surface area contributed by atoms with Gasteiger partial charge in [-0.3, -0.25) is 4.79 Å². The number of rotatable bonds is 13. The maximum Gasteiger partial charge on any atom is 0.460 e. The van der Waals surface area contributed by atoms with Crippen molar-refractivity contribution in [2.24, 2.45) is 0 Å². The molecule has 258 valence electrons. The van der Waals surface area contributed by atoms with Crippen molar-refractivity contribution in [1.82, 2.24) is 0 Å². The molecular formula is C21H19F17O4S2. The highest BCUT2D eigenvalue weighted by Crippen LogP contribution is 2.65. The van der Waals surface area contributed by atoms with Gasteiger partial charge in [-0.15, -0.1) is 10.3 Å². The van der Waals surface area contributed by atoms with E-state index in [1.165, 1.54) is 12.1 Å². The Morgan fingerprint density at radius 3 is 1.32 bits per heavy atom. The molecule has 0 bridgehead atoms. The van der Waals surface area contributed by atoms with Gasteiger partial charge in [-0.2, -0.15) is 83.1 Å². The number of carbonyl (C=O) groups excluding carboxylic acids is 1. The highest BCUT2D eigenvalue weighted by atomic mass is 32.3. The summed E-state index contributed by atoms with van der Waals surface area (Å²) in [6.07, 6.45) is -7.00. The Hall–Kier alpha value is -2.04. The number of benzene rings is 1. The van der Waals surface area contributed by atoms with Crippen molar-refractivity contribution in [3.8, 4) is 0 Å². The zero-order valence-electron chi connectivity index (χ0n) is 22.0. The minimum atomic E-state index is -8.94. The van der Waals surface area contributed by atoms with Gasteiger partial charge in [0, 0.05) is 5.56 Å². The molecule has 0 fully saturated rings. The smallest absolute Gasteiger partial charge is 0.293 e. The van der Waals surface area contributed by atoms with Gasteiger partial charge < -0.3 is 0 Å². The van der Waals surface area contributed by atoms with Crippen LogP contribution in [0.2, 0.25) is 0 Å². The van der Waals surface area contributed by atoms with Crippen LogP contribution in [0.15, 0.2) is 24.3 Å². The average molecular weight is 722 g/mol. The molecule has 0 saturated heterocycles. The second-order valence-corrected chi connectivity index (χ2v) is 14.9. The number of ketones is 1. The molecule has 0 aromatic heterocycles. The Morgan fingerprint density at radius 2 is 0.977 bits per heavy atom. The second-order valence-electron chi connectivity index (χ2n) is 9.76. The Balaban J connectivity index is 3.53. The first-order valence-electron chi connectivity index (χ1n) is 11.0. The lowest BCUT2D eigenvalue weighted by atomic mass is 9.91. The summed E-state index contributed by atoms with van der Waals surface area (Å²) in [6.45, 7) is 3.45. The fraction of sp³-hybridized carbons (Fsp3) is 0.667. The topological polar surface area (TPSA) is 60.4 Å². The van der Waals surface area contributed by atoms with E-state index < -0.39 is 78.9 Å². The highest BCUT2D eigenvalue weighted by Gasteiger charge is 2.96. The summed E-state index contributed by atoms with van der Waals surface area (Å²) in [7, 11) is -11.8. The predicted octanol–water partition coefficient (Wildman–Crippen LogP) is 8.29. The average Bonchev–Trinajstić information content (AvgIpc) is 2.81. The summed E-state index contributed by atoms with van der Waals surface area (Å²) in [5.74, 6) is -54.7. The zero-order chi connectivity index (χ0) is 35.6. The molecule has 0 radical (unpaired) electrons. The first-order chi connectivity index (χ1) is 19.0. The quantitative estimate of drug-likeness (QED) is 0.152. The van der Waals surface area contributed by atoms with Crippen molar-refractivity contribution in [1.29, 1.82) is 0 Å². The van der Waals surface area contributed by atoms with Gasteiger partial charge in [0.1, 0.15) is 0 Å². The number of Topliss-reactive ketones (excluding diaryl/α,β-unsaturated/α-hetero) is 1. The van der Waals surface area contributed by atoms with Gasteiger partial charge in [0.05, 0.1) is 5.75 Å². The van der Waals surface area contributed by atoms with Gasteiger partial charge >= 0.3 is 57.1 Å². The van der Waals surface area contributed by atoms with Crippen molar-refractivity contribution in [3.63, 3.8) is 0 Å². The summed E-state index contributed by atoms with van der Waals surface area (Å²) in [5.41, 5.74) is 0.384. The monoisotopic (exact) mass is 722 g/mol. The van der Waals surface area contributed by atoms with E-state index in [-0.39, 0.29) is 11.5 Å². The molecular weight excluding hydrogens is 703 g/mol. The fourth-order valence-corrected chi connectivity index (χ4v) is 6.78. The SMILES string of the molecule is CC(C)c1ccc(C(=O)CS(C)(C)OS(=O)(=O)C(F)(F)C(F)(F)C(F)(F)C(F)(F)C(F)(F)C(F)(F)C(F)(F)C(F)(F)F)cc1. The minimum absolute atomic E-state index is 0.0728. The normalized spacial score (nSPS) is 16.0. The van der Waals surface area contributed by atoms with E-state index in [0.717, 1.165) is 12.1 Å². The molecule has 0 unspecified atom stereocenters. The Bertz CT molecular complexity index is 1320. The van der Waals surface area contributed by atoms with E-state index in [9.17, 15) is 87.8 Å². The van der Waals surface area contributed by atoms with Gasteiger partial charge in [-0.25, -0.2) is 3.63 Å². The number of hydrogen-bond acceptors (Lipinski definition) is 4. The van der Waals surface area contributed by atoms with E-state index in [1.807, 2.05) is 0 Å². The highest BCUT2D eigenvalue weighted by molar-refractivity contribution is 8.32. The molecule has 1 aromatic rings. The van der Waals surface area contributed by atoms with Crippen LogP contribution >= 0.6 is 10.3 Å². The third kappa shape index (κ3) is 6.19. The fourth-order valence-electron chi connectivity index (χ4n) is 3.07. The maximum atomic E-state index is 14.3. The predicted molar refractivity (Wildman–Crippen MR) is 120 cm³/mol. The molecule has 4 nitrogen and oxygen atoms in total. The van der Waals surface area contributed by atoms with E-state index in [4.69, 9.17) is 0 Å². The van der Waals surface area contributed by atoms with Gasteiger partial charge in [0.15, 0.2) is 5.78 Å². The Morgan fingerprint density at radius 1 is 0.636 bits per heavy atom. The van der Waals surface area contributed by atoms with Crippen LogP contribution < -0.4 is 0 Å². The number of carbonyl (C=O) groups is 1. The number of alkyl halides is 17. The van der Waals surface area contributed by atoms with Gasteiger partial charge in [-0.1, -0.05) is 38.1 Å². The van der Waals surface area contributed by atoms with Crippen molar-refractivity contribution in [2.75, 3.05) is 18.3 Å². The molecule has 0 amide bonds. The van der Waals surface area contributed by atoms with Crippen molar-refractivity contribution < 1.29 is 91.5 Å². The summed E-state index contributed by atoms with van der Waals surface area (Å²) in [4.78, 5) is 12.4. The molecule has 0 spiro atoms. The van der Waals surface area contributed by atoms with Gasteiger partial charge in [0.25, 0.3) is 0 Å².